The SMILES string of the molecule is N#CCCn1ncc([N+](=O)[O-])c1N. The summed E-state index contributed by atoms with van der Waals surface area (Å²) in [6.45, 7) is 0.274. The van der Waals surface area contributed by atoms with E-state index in [0.717, 1.165) is 6.20 Å². The Morgan fingerprint density at radius 3 is 3.00 bits per heavy atom. The Balaban J connectivity index is 2.88. The van der Waals surface area contributed by atoms with Gasteiger partial charge in [0.05, 0.1) is 24.0 Å². The van der Waals surface area contributed by atoms with Crippen LogP contribution in [0.2, 0.25) is 0 Å². The molecule has 0 fully saturated rings. The molecule has 13 heavy (non-hydrogen) atoms. The Hall–Kier alpha value is -2.10. The Morgan fingerprint density at radius 1 is 1.85 bits per heavy atom. The average Bonchev–Trinajstić information content (AvgIpc) is 2.43. The van der Waals surface area contributed by atoms with Crippen LogP contribution in [0.25, 0.3) is 0 Å². The summed E-state index contributed by atoms with van der Waals surface area (Å²) in [5.74, 6) is -0.0137. The number of nitriles is 1. The van der Waals surface area contributed by atoms with Crippen molar-refractivity contribution in [1.82, 2.24) is 9.78 Å². The molecule has 7 nitrogen and oxygen atoms in total. The van der Waals surface area contributed by atoms with E-state index in [1.165, 1.54) is 4.68 Å². The molecule has 1 heterocycles. The third-order valence-electron chi connectivity index (χ3n) is 1.49. The molecule has 0 aromatic carbocycles. The molecule has 0 bridgehead atoms. The van der Waals surface area contributed by atoms with Crippen molar-refractivity contribution in [2.24, 2.45) is 0 Å². The van der Waals surface area contributed by atoms with E-state index in [9.17, 15) is 10.1 Å². The fourth-order valence-electron chi connectivity index (χ4n) is 0.860. The maximum Gasteiger partial charge on any atom is 0.330 e. The van der Waals surface area contributed by atoms with Crippen LogP contribution in [0.1, 0.15) is 6.42 Å². The molecule has 68 valence electrons. The summed E-state index contributed by atoms with van der Waals surface area (Å²) in [5, 5.41) is 22.3. The number of nitrogens with zero attached hydrogens (tertiary/aromatic N) is 4. The summed E-state index contributed by atoms with van der Waals surface area (Å²) in [4.78, 5) is 9.71. The molecule has 0 saturated carbocycles. The highest BCUT2D eigenvalue weighted by Gasteiger charge is 2.16. The molecular weight excluding hydrogens is 174 g/mol. The van der Waals surface area contributed by atoms with E-state index in [4.69, 9.17) is 11.0 Å². The van der Waals surface area contributed by atoms with Gasteiger partial charge in [-0.25, -0.2) is 4.68 Å². The van der Waals surface area contributed by atoms with Crippen molar-refractivity contribution in [3.8, 4) is 6.07 Å². The van der Waals surface area contributed by atoms with Gasteiger partial charge >= 0.3 is 5.69 Å². The van der Waals surface area contributed by atoms with Gasteiger partial charge in [-0.3, -0.25) is 10.1 Å². The Kier molecular flexibility index (Phi) is 2.44. The first-order valence-corrected chi connectivity index (χ1v) is 3.49. The van der Waals surface area contributed by atoms with Crippen LogP contribution in [-0.4, -0.2) is 14.7 Å². The van der Waals surface area contributed by atoms with Gasteiger partial charge in [0.2, 0.25) is 5.82 Å². The van der Waals surface area contributed by atoms with Crippen molar-refractivity contribution >= 4 is 11.5 Å². The van der Waals surface area contributed by atoms with E-state index in [-0.39, 0.29) is 24.5 Å². The number of rotatable bonds is 3. The van der Waals surface area contributed by atoms with E-state index >= 15 is 0 Å². The van der Waals surface area contributed by atoms with Crippen LogP contribution in [0.15, 0.2) is 6.20 Å². The third kappa shape index (κ3) is 1.73. The molecule has 1 rings (SSSR count). The Morgan fingerprint density at radius 2 is 2.54 bits per heavy atom. The summed E-state index contributed by atoms with van der Waals surface area (Å²) in [5.41, 5.74) is 5.17. The summed E-state index contributed by atoms with van der Waals surface area (Å²) < 4.78 is 1.24. The van der Waals surface area contributed by atoms with Gasteiger partial charge in [0.15, 0.2) is 0 Å². The zero-order chi connectivity index (χ0) is 9.84. The van der Waals surface area contributed by atoms with Gasteiger partial charge in [0.1, 0.15) is 6.20 Å². The number of nitrogens with two attached hydrogens (primary N) is 1. The minimum absolute atomic E-state index is 0.0137. The molecule has 1 aromatic rings. The minimum atomic E-state index is -0.606. The lowest BCUT2D eigenvalue weighted by atomic mass is 10.4. The highest BCUT2D eigenvalue weighted by Crippen LogP contribution is 2.19. The molecule has 0 saturated heterocycles. The maximum absolute atomic E-state index is 10.3. The first-order valence-electron chi connectivity index (χ1n) is 3.49. The van der Waals surface area contributed by atoms with Gasteiger partial charge < -0.3 is 5.73 Å². The van der Waals surface area contributed by atoms with Crippen LogP contribution in [0, 0.1) is 21.4 Å². The zero-order valence-electron chi connectivity index (χ0n) is 6.67. The Labute approximate surface area is 73.5 Å². The second-order valence-corrected chi connectivity index (χ2v) is 2.30. The first kappa shape index (κ1) is 8.99. The second kappa shape index (κ2) is 3.53. The lowest BCUT2D eigenvalue weighted by Crippen LogP contribution is -2.05. The molecular formula is C6H7N5O2. The van der Waals surface area contributed by atoms with Gasteiger partial charge in [-0.05, 0) is 0 Å². The van der Waals surface area contributed by atoms with Gasteiger partial charge in [-0.2, -0.15) is 10.4 Å². The van der Waals surface area contributed by atoms with Crippen molar-refractivity contribution in [1.29, 1.82) is 5.26 Å². The monoisotopic (exact) mass is 181 g/mol. The molecule has 0 aliphatic heterocycles. The minimum Gasteiger partial charge on any atom is -0.378 e. The number of hydrogen-bond acceptors (Lipinski definition) is 5. The quantitative estimate of drug-likeness (QED) is 0.532. The summed E-state index contributed by atoms with van der Waals surface area (Å²) in [6.07, 6.45) is 1.30. The van der Waals surface area contributed by atoms with Crippen molar-refractivity contribution < 1.29 is 4.92 Å². The average molecular weight is 181 g/mol. The van der Waals surface area contributed by atoms with E-state index in [1.807, 2.05) is 6.07 Å². The summed E-state index contributed by atoms with van der Waals surface area (Å²) in [6, 6.07) is 1.90. The molecule has 0 aliphatic rings. The summed E-state index contributed by atoms with van der Waals surface area (Å²) in [7, 11) is 0. The lowest BCUT2D eigenvalue weighted by molar-refractivity contribution is -0.384. The van der Waals surface area contributed by atoms with Crippen LogP contribution in [0.3, 0.4) is 0 Å². The molecule has 0 atom stereocenters. The third-order valence-corrected chi connectivity index (χ3v) is 1.49. The zero-order valence-corrected chi connectivity index (χ0v) is 6.67. The second-order valence-electron chi connectivity index (χ2n) is 2.30. The van der Waals surface area contributed by atoms with Gasteiger partial charge in [-0.15, -0.1) is 0 Å². The van der Waals surface area contributed by atoms with Gasteiger partial charge in [0, 0.05) is 0 Å². The number of aryl methyl sites for hydroxylation is 1. The standard InChI is InChI=1S/C6H7N5O2/c7-2-1-3-10-6(8)5(4-9-10)11(12)13/h4H,1,3,8H2. The van der Waals surface area contributed by atoms with Crippen molar-refractivity contribution in [2.75, 3.05) is 5.73 Å². The fraction of sp³-hybridized carbons (Fsp3) is 0.333. The number of anilines is 1. The van der Waals surface area contributed by atoms with Gasteiger partial charge in [-0.1, -0.05) is 0 Å². The molecule has 0 amide bonds. The van der Waals surface area contributed by atoms with Crippen molar-refractivity contribution in [3.05, 3.63) is 16.3 Å². The normalized spacial score (nSPS) is 9.46. The fourth-order valence-corrected chi connectivity index (χ4v) is 0.860. The molecule has 0 unspecified atom stereocenters. The predicted molar refractivity (Wildman–Crippen MR) is 43.5 cm³/mol. The van der Waals surface area contributed by atoms with E-state index in [0.29, 0.717) is 0 Å². The summed E-state index contributed by atoms with van der Waals surface area (Å²) >= 11 is 0. The number of nitrogen functional groups attached to an aromatic ring is 1. The van der Waals surface area contributed by atoms with Crippen LogP contribution >= 0.6 is 0 Å². The van der Waals surface area contributed by atoms with Crippen molar-refractivity contribution in [3.63, 3.8) is 0 Å². The van der Waals surface area contributed by atoms with E-state index in [2.05, 4.69) is 5.10 Å². The smallest absolute Gasteiger partial charge is 0.330 e. The van der Waals surface area contributed by atoms with Crippen LogP contribution in [-0.2, 0) is 6.54 Å². The highest BCUT2D eigenvalue weighted by atomic mass is 16.6. The topological polar surface area (TPSA) is 111 Å². The Bertz CT molecular complexity index is 364. The maximum atomic E-state index is 10.3. The molecule has 1 aromatic heterocycles. The molecule has 2 N–H and O–H groups in total. The molecule has 0 spiro atoms. The first-order chi connectivity index (χ1) is 6.16. The van der Waals surface area contributed by atoms with Crippen molar-refractivity contribution in [2.45, 2.75) is 13.0 Å². The van der Waals surface area contributed by atoms with E-state index < -0.39 is 4.92 Å². The van der Waals surface area contributed by atoms with Crippen LogP contribution in [0.5, 0.6) is 0 Å². The molecule has 0 aliphatic carbocycles. The van der Waals surface area contributed by atoms with Crippen LogP contribution < -0.4 is 5.73 Å². The molecule has 0 radical (unpaired) electrons. The number of nitro groups is 1. The highest BCUT2D eigenvalue weighted by molar-refractivity contribution is 5.51. The van der Waals surface area contributed by atoms with E-state index in [1.54, 1.807) is 0 Å². The lowest BCUT2D eigenvalue weighted by Gasteiger charge is -1.97. The number of aromatic nitrogens is 2. The van der Waals surface area contributed by atoms with Crippen LogP contribution in [0.4, 0.5) is 11.5 Å². The largest absolute Gasteiger partial charge is 0.378 e. The molecule has 7 heteroatoms. The van der Waals surface area contributed by atoms with Gasteiger partial charge in [0.25, 0.3) is 0 Å². The predicted octanol–water partition coefficient (Wildman–Crippen LogP) is 0.287. The number of hydrogen-bond donors (Lipinski definition) is 1.